The number of esters is 1. The van der Waals surface area contributed by atoms with Crippen LogP contribution in [0.4, 0.5) is 9.59 Å². The number of carbonyl (C=O) groups is 4. The van der Waals surface area contributed by atoms with Crippen LogP contribution in [-0.4, -0.2) is 64.5 Å². The fourth-order valence-corrected chi connectivity index (χ4v) is 3.67. The van der Waals surface area contributed by atoms with Crippen LogP contribution in [0.1, 0.15) is 40.2 Å². The molecule has 2 atom stereocenters. The van der Waals surface area contributed by atoms with E-state index < -0.39 is 46.6 Å². The average molecular weight is 485 g/mol. The SMILES string of the molecule is COC(=O)[C@@H](NC(=O)OC(C)(C)C)C(C)(C)SC[C@@H](NC(=O)OCc1ccccc1)C(=O)O. The fraction of sp³-hybridized carbons (Fsp3) is 0.545. The standard InChI is InChI=1S/C22H32N2O8S/c1-21(2,3)32-20(29)24-16(18(27)30-6)22(4,5)33-13-15(17(25)26)23-19(28)31-12-14-10-8-7-9-11-14/h7-11,15-16H,12-13H2,1-6H3,(H,23,28)(H,24,29)(H,25,26)/t15-,16-/m1/s1. The Morgan fingerprint density at radius 2 is 1.61 bits per heavy atom. The van der Waals surface area contributed by atoms with Crippen molar-refractivity contribution in [1.82, 2.24) is 10.6 Å². The molecule has 0 bridgehead atoms. The summed E-state index contributed by atoms with van der Waals surface area (Å²) < 4.78 is 14.1. The van der Waals surface area contributed by atoms with Crippen molar-refractivity contribution in [1.29, 1.82) is 0 Å². The van der Waals surface area contributed by atoms with E-state index >= 15 is 0 Å². The highest BCUT2D eigenvalue weighted by Crippen LogP contribution is 2.30. The molecule has 0 fully saturated rings. The Kier molecular flexibility index (Phi) is 10.5. The number of amides is 2. The first-order chi connectivity index (χ1) is 15.2. The summed E-state index contributed by atoms with van der Waals surface area (Å²) >= 11 is 1.06. The molecule has 0 aliphatic carbocycles. The lowest BCUT2D eigenvalue weighted by atomic mass is 10.0. The summed E-state index contributed by atoms with van der Waals surface area (Å²) in [5, 5.41) is 14.3. The van der Waals surface area contributed by atoms with E-state index in [1.165, 1.54) is 7.11 Å². The molecule has 0 aromatic heterocycles. The van der Waals surface area contributed by atoms with Crippen LogP contribution in [0, 0.1) is 0 Å². The molecule has 0 saturated carbocycles. The van der Waals surface area contributed by atoms with Crippen LogP contribution in [0.3, 0.4) is 0 Å². The van der Waals surface area contributed by atoms with Crippen molar-refractivity contribution >= 4 is 35.9 Å². The van der Waals surface area contributed by atoms with E-state index in [9.17, 15) is 24.3 Å². The molecular formula is C22H32N2O8S. The predicted molar refractivity (Wildman–Crippen MR) is 123 cm³/mol. The molecule has 0 heterocycles. The van der Waals surface area contributed by atoms with E-state index in [2.05, 4.69) is 10.6 Å². The second kappa shape index (κ2) is 12.3. The van der Waals surface area contributed by atoms with Gasteiger partial charge >= 0.3 is 24.1 Å². The van der Waals surface area contributed by atoms with E-state index in [-0.39, 0.29) is 12.4 Å². The van der Waals surface area contributed by atoms with Crippen molar-refractivity contribution in [2.45, 2.75) is 63.7 Å². The van der Waals surface area contributed by atoms with Gasteiger partial charge in [-0.2, -0.15) is 11.8 Å². The minimum absolute atomic E-state index is 0.0120. The smallest absolute Gasteiger partial charge is 0.408 e. The zero-order valence-corrected chi connectivity index (χ0v) is 20.5. The van der Waals surface area contributed by atoms with E-state index in [0.717, 1.165) is 17.3 Å². The molecule has 0 spiro atoms. The Hall–Kier alpha value is -2.95. The Labute approximate surface area is 197 Å². The van der Waals surface area contributed by atoms with Gasteiger partial charge in [-0.15, -0.1) is 0 Å². The van der Waals surface area contributed by atoms with E-state index in [1.807, 2.05) is 6.07 Å². The summed E-state index contributed by atoms with van der Waals surface area (Å²) in [6.45, 7) is 8.31. The van der Waals surface area contributed by atoms with Gasteiger partial charge in [0.2, 0.25) is 0 Å². The molecule has 0 aliphatic heterocycles. The van der Waals surface area contributed by atoms with Gasteiger partial charge in [-0.3, -0.25) is 0 Å². The maximum absolute atomic E-state index is 12.3. The summed E-state index contributed by atoms with van der Waals surface area (Å²) in [7, 11) is 1.18. The molecule has 184 valence electrons. The number of hydrogen-bond acceptors (Lipinski definition) is 8. The van der Waals surface area contributed by atoms with Crippen molar-refractivity contribution in [2.75, 3.05) is 12.9 Å². The lowest BCUT2D eigenvalue weighted by Crippen LogP contribution is -2.54. The normalized spacial score (nSPS) is 13.3. The van der Waals surface area contributed by atoms with Gasteiger partial charge in [-0.05, 0) is 40.2 Å². The zero-order valence-electron chi connectivity index (χ0n) is 19.7. The Morgan fingerprint density at radius 1 is 1.00 bits per heavy atom. The molecule has 2 amide bonds. The third kappa shape index (κ3) is 10.5. The summed E-state index contributed by atoms with van der Waals surface area (Å²) in [6, 6.07) is 6.51. The largest absolute Gasteiger partial charge is 0.480 e. The Balaban J connectivity index is 2.77. The van der Waals surface area contributed by atoms with Gasteiger partial charge in [0.05, 0.1) is 7.11 Å². The first-order valence-corrected chi connectivity index (χ1v) is 11.1. The molecule has 3 N–H and O–H groups in total. The van der Waals surface area contributed by atoms with Crippen LogP contribution >= 0.6 is 11.8 Å². The molecule has 1 rings (SSSR count). The van der Waals surface area contributed by atoms with Crippen molar-refractivity contribution in [2.24, 2.45) is 0 Å². The number of carboxylic acids is 1. The summed E-state index contributed by atoms with van der Waals surface area (Å²) in [5.41, 5.74) is -0.0234. The van der Waals surface area contributed by atoms with Crippen LogP contribution in [0.15, 0.2) is 30.3 Å². The van der Waals surface area contributed by atoms with Crippen molar-refractivity contribution in [3.63, 3.8) is 0 Å². The number of nitrogens with one attached hydrogen (secondary N) is 2. The van der Waals surface area contributed by atoms with Gasteiger partial charge in [0.1, 0.15) is 24.3 Å². The lowest BCUT2D eigenvalue weighted by Gasteiger charge is -2.33. The number of carbonyl (C=O) groups excluding carboxylic acids is 3. The monoisotopic (exact) mass is 484 g/mol. The number of benzene rings is 1. The van der Waals surface area contributed by atoms with Crippen LogP contribution in [0.2, 0.25) is 0 Å². The van der Waals surface area contributed by atoms with Gasteiger partial charge in [-0.1, -0.05) is 30.3 Å². The molecule has 10 nitrogen and oxygen atoms in total. The van der Waals surface area contributed by atoms with Gasteiger partial charge in [0, 0.05) is 10.5 Å². The number of methoxy groups -OCH3 is 1. The van der Waals surface area contributed by atoms with Crippen LogP contribution in [0.5, 0.6) is 0 Å². The molecule has 0 unspecified atom stereocenters. The molecule has 11 heteroatoms. The molecule has 0 aliphatic rings. The average Bonchev–Trinajstić information content (AvgIpc) is 2.72. The van der Waals surface area contributed by atoms with Crippen molar-refractivity contribution in [3.05, 3.63) is 35.9 Å². The molecule has 1 aromatic rings. The number of thioether (sulfide) groups is 1. The maximum Gasteiger partial charge on any atom is 0.408 e. The second-order valence-corrected chi connectivity index (χ2v) is 10.3. The summed E-state index contributed by atoms with van der Waals surface area (Å²) in [4.78, 5) is 48.2. The molecular weight excluding hydrogens is 452 g/mol. The van der Waals surface area contributed by atoms with Crippen molar-refractivity contribution in [3.8, 4) is 0 Å². The Bertz CT molecular complexity index is 823. The number of hydrogen-bond donors (Lipinski definition) is 3. The third-order valence-electron chi connectivity index (χ3n) is 4.22. The number of ether oxygens (including phenoxy) is 3. The maximum atomic E-state index is 12.3. The minimum Gasteiger partial charge on any atom is -0.480 e. The Morgan fingerprint density at radius 3 is 2.12 bits per heavy atom. The van der Waals surface area contributed by atoms with Crippen LogP contribution < -0.4 is 10.6 Å². The molecule has 0 saturated heterocycles. The fourth-order valence-electron chi connectivity index (χ4n) is 2.52. The molecule has 33 heavy (non-hydrogen) atoms. The molecule has 1 aromatic carbocycles. The second-order valence-electron chi connectivity index (χ2n) is 8.61. The third-order valence-corrected chi connectivity index (χ3v) is 5.70. The number of rotatable bonds is 10. The highest BCUT2D eigenvalue weighted by Gasteiger charge is 2.40. The van der Waals surface area contributed by atoms with E-state index in [1.54, 1.807) is 58.9 Å². The van der Waals surface area contributed by atoms with E-state index in [0.29, 0.717) is 0 Å². The highest BCUT2D eigenvalue weighted by atomic mass is 32.2. The summed E-state index contributed by atoms with van der Waals surface area (Å²) in [6.07, 6.45) is -1.70. The van der Waals surface area contributed by atoms with Gasteiger partial charge in [0.15, 0.2) is 0 Å². The molecule has 0 radical (unpaired) electrons. The number of alkyl carbamates (subject to hydrolysis) is 2. The lowest BCUT2D eigenvalue weighted by molar-refractivity contribution is -0.143. The number of aliphatic carboxylic acids is 1. The highest BCUT2D eigenvalue weighted by molar-refractivity contribution is 8.00. The van der Waals surface area contributed by atoms with Crippen LogP contribution in [0.25, 0.3) is 0 Å². The van der Waals surface area contributed by atoms with E-state index in [4.69, 9.17) is 14.2 Å². The topological polar surface area (TPSA) is 140 Å². The zero-order chi connectivity index (χ0) is 25.2. The van der Waals surface area contributed by atoms with Crippen LogP contribution in [-0.2, 0) is 30.4 Å². The van der Waals surface area contributed by atoms with Gasteiger partial charge in [0.25, 0.3) is 0 Å². The minimum atomic E-state index is -1.29. The summed E-state index contributed by atoms with van der Waals surface area (Å²) in [5.74, 6) is -2.10. The first-order valence-electron chi connectivity index (χ1n) is 10.2. The quantitative estimate of drug-likeness (QED) is 0.338. The van der Waals surface area contributed by atoms with Gasteiger partial charge < -0.3 is 30.0 Å². The predicted octanol–water partition coefficient (Wildman–Crippen LogP) is 2.94. The van der Waals surface area contributed by atoms with Crippen molar-refractivity contribution < 1.29 is 38.5 Å². The first kappa shape index (κ1) is 28.1. The number of carboxylic acid groups (broad SMARTS) is 1. The van der Waals surface area contributed by atoms with Gasteiger partial charge in [-0.25, -0.2) is 19.2 Å².